The van der Waals surface area contributed by atoms with Crippen molar-refractivity contribution in [1.29, 1.82) is 0 Å². The molecule has 0 nitrogen and oxygen atoms in total. The van der Waals surface area contributed by atoms with Gasteiger partial charge in [0.15, 0.2) is 0 Å². The molecule has 1 atom stereocenters. The highest BCUT2D eigenvalue weighted by molar-refractivity contribution is 5.63. The summed E-state index contributed by atoms with van der Waals surface area (Å²) < 4.78 is 0. The van der Waals surface area contributed by atoms with E-state index >= 15 is 0 Å². The zero-order chi connectivity index (χ0) is 13.8. The molecule has 1 radical (unpaired) electrons. The lowest BCUT2D eigenvalue weighted by atomic mass is 9.92. The summed E-state index contributed by atoms with van der Waals surface area (Å²) in [6, 6.07) is 30.6. The van der Waals surface area contributed by atoms with Gasteiger partial charge in [0.2, 0.25) is 0 Å². The van der Waals surface area contributed by atoms with Crippen molar-refractivity contribution in [2.45, 2.75) is 12.8 Å². The summed E-state index contributed by atoms with van der Waals surface area (Å²) in [6.07, 6.45) is 0. The van der Waals surface area contributed by atoms with Crippen LogP contribution in [0.2, 0.25) is 0 Å². The lowest BCUT2D eigenvalue weighted by Crippen LogP contribution is -1.95. The summed E-state index contributed by atoms with van der Waals surface area (Å²) >= 11 is 0. The van der Waals surface area contributed by atoms with Gasteiger partial charge < -0.3 is 0 Å². The molecule has 3 rings (SSSR count). The van der Waals surface area contributed by atoms with Crippen molar-refractivity contribution in [3.63, 3.8) is 0 Å². The van der Waals surface area contributed by atoms with E-state index in [2.05, 4.69) is 79.7 Å². The summed E-state index contributed by atoms with van der Waals surface area (Å²) in [7, 11) is 0. The van der Waals surface area contributed by atoms with Crippen LogP contribution >= 0.6 is 0 Å². The first-order chi connectivity index (χ1) is 9.84. The van der Waals surface area contributed by atoms with Crippen LogP contribution in [0.3, 0.4) is 0 Å². The molecule has 0 aliphatic carbocycles. The second kappa shape index (κ2) is 5.75. The van der Waals surface area contributed by atoms with Crippen molar-refractivity contribution in [1.82, 2.24) is 0 Å². The van der Waals surface area contributed by atoms with Crippen LogP contribution in [0.5, 0.6) is 0 Å². The molecule has 0 bridgehead atoms. The molecule has 0 fully saturated rings. The molecule has 97 valence electrons. The Morgan fingerprint density at radius 1 is 0.650 bits per heavy atom. The normalized spacial score (nSPS) is 12.1. The Balaban J connectivity index is 1.87. The van der Waals surface area contributed by atoms with Crippen LogP contribution in [-0.2, 0) is 0 Å². The van der Waals surface area contributed by atoms with E-state index in [0.717, 1.165) is 0 Å². The standard InChI is InChI=1S/C20H17/c1-16(17-8-4-2-5-9-17)18-12-14-20(15-13-18)19-10-6-3-7-11-19/h2,4-16H,1H3. The first kappa shape index (κ1) is 12.7. The van der Waals surface area contributed by atoms with E-state index in [0.29, 0.717) is 5.92 Å². The molecule has 0 saturated carbocycles. The minimum absolute atomic E-state index is 0.425. The molecule has 0 heteroatoms. The molecule has 20 heavy (non-hydrogen) atoms. The highest BCUT2D eigenvalue weighted by atomic mass is 14.1. The van der Waals surface area contributed by atoms with Gasteiger partial charge >= 0.3 is 0 Å². The Morgan fingerprint density at radius 2 is 1.20 bits per heavy atom. The van der Waals surface area contributed by atoms with Gasteiger partial charge in [-0.05, 0) is 28.3 Å². The largest absolute Gasteiger partial charge is 0.0622 e. The maximum atomic E-state index is 3.05. The number of hydrogen-bond acceptors (Lipinski definition) is 0. The molecular weight excluding hydrogens is 240 g/mol. The van der Waals surface area contributed by atoms with E-state index in [-0.39, 0.29) is 0 Å². The van der Waals surface area contributed by atoms with Crippen LogP contribution in [0.1, 0.15) is 24.0 Å². The summed E-state index contributed by atoms with van der Waals surface area (Å²) in [5, 5.41) is 0. The third kappa shape index (κ3) is 2.65. The summed E-state index contributed by atoms with van der Waals surface area (Å²) in [5.41, 5.74) is 5.20. The molecule has 3 aromatic carbocycles. The van der Waals surface area contributed by atoms with Gasteiger partial charge in [0.05, 0.1) is 0 Å². The Kier molecular flexibility index (Phi) is 3.64. The van der Waals surface area contributed by atoms with Gasteiger partial charge in [-0.15, -0.1) is 0 Å². The average Bonchev–Trinajstić information content (AvgIpc) is 2.56. The smallest absolute Gasteiger partial charge is 0.00610 e. The first-order valence-corrected chi connectivity index (χ1v) is 6.96. The van der Waals surface area contributed by atoms with Gasteiger partial charge in [-0.1, -0.05) is 85.8 Å². The van der Waals surface area contributed by atoms with E-state index in [9.17, 15) is 0 Å². The van der Waals surface area contributed by atoms with Crippen molar-refractivity contribution in [2.75, 3.05) is 0 Å². The maximum absolute atomic E-state index is 3.05. The van der Waals surface area contributed by atoms with Crippen molar-refractivity contribution in [3.05, 3.63) is 96.1 Å². The molecule has 1 unspecified atom stereocenters. The molecule has 0 spiro atoms. The van der Waals surface area contributed by atoms with Crippen LogP contribution < -0.4 is 0 Å². The van der Waals surface area contributed by atoms with Crippen LogP contribution in [0.25, 0.3) is 11.1 Å². The SMILES string of the molecule is CC(c1ccccc1)c1ccc(-c2cc[c]cc2)cc1. The third-order valence-corrected chi connectivity index (χ3v) is 3.76. The molecule has 0 N–H and O–H groups in total. The molecule has 3 aromatic rings. The molecular formula is C20H17. The van der Waals surface area contributed by atoms with E-state index in [4.69, 9.17) is 0 Å². The second-order valence-electron chi connectivity index (χ2n) is 5.04. The van der Waals surface area contributed by atoms with Crippen molar-refractivity contribution in [2.24, 2.45) is 0 Å². The number of rotatable bonds is 3. The van der Waals surface area contributed by atoms with Crippen molar-refractivity contribution < 1.29 is 0 Å². The van der Waals surface area contributed by atoms with Gasteiger partial charge in [-0.25, -0.2) is 0 Å². The summed E-state index contributed by atoms with van der Waals surface area (Å²) in [5.74, 6) is 0.425. The topological polar surface area (TPSA) is 0 Å². The second-order valence-corrected chi connectivity index (χ2v) is 5.04. The molecule has 0 aliphatic heterocycles. The number of hydrogen-bond donors (Lipinski definition) is 0. The van der Waals surface area contributed by atoms with Gasteiger partial charge in [-0.3, -0.25) is 0 Å². The molecule has 0 aliphatic rings. The molecule has 0 amide bonds. The Hall–Kier alpha value is -2.34. The zero-order valence-corrected chi connectivity index (χ0v) is 11.6. The van der Waals surface area contributed by atoms with Crippen molar-refractivity contribution >= 4 is 0 Å². The zero-order valence-electron chi connectivity index (χ0n) is 11.6. The minimum atomic E-state index is 0.425. The fourth-order valence-corrected chi connectivity index (χ4v) is 2.48. The highest BCUT2D eigenvalue weighted by Gasteiger charge is 2.07. The Morgan fingerprint density at radius 3 is 1.85 bits per heavy atom. The van der Waals surface area contributed by atoms with Crippen LogP contribution in [0.4, 0.5) is 0 Å². The molecule has 0 heterocycles. The van der Waals surface area contributed by atoms with Crippen molar-refractivity contribution in [3.8, 4) is 11.1 Å². The Labute approximate surface area is 120 Å². The molecule has 0 aromatic heterocycles. The predicted octanol–water partition coefficient (Wildman–Crippen LogP) is 5.31. The highest BCUT2D eigenvalue weighted by Crippen LogP contribution is 2.26. The quantitative estimate of drug-likeness (QED) is 0.597. The van der Waals surface area contributed by atoms with Crippen LogP contribution in [0, 0.1) is 6.07 Å². The fourth-order valence-electron chi connectivity index (χ4n) is 2.48. The summed E-state index contributed by atoms with van der Waals surface area (Å²) in [6.45, 7) is 2.25. The lowest BCUT2D eigenvalue weighted by Gasteiger charge is -2.13. The lowest BCUT2D eigenvalue weighted by molar-refractivity contribution is 0.923. The van der Waals surface area contributed by atoms with Gasteiger partial charge in [0.25, 0.3) is 0 Å². The van der Waals surface area contributed by atoms with E-state index in [1.807, 2.05) is 12.1 Å². The average molecular weight is 257 g/mol. The number of benzene rings is 3. The van der Waals surface area contributed by atoms with E-state index < -0.39 is 0 Å². The van der Waals surface area contributed by atoms with E-state index in [1.165, 1.54) is 22.3 Å². The Bertz CT molecular complexity index is 651. The third-order valence-electron chi connectivity index (χ3n) is 3.76. The maximum Gasteiger partial charge on any atom is 0.00610 e. The summed E-state index contributed by atoms with van der Waals surface area (Å²) in [4.78, 5) is 0. The van der Waals surface area contributed by atoms with Gasteiger partial charge in [0.1, 0.15) is 0 Å². The monoisotopic (exact) mass is 257 g/mol. The van der Waals surface area contributed by atoms with Crippen LogP contribution in [-0.4, -0.2) is 0 Å². The first-order valence-electron chi connectivity index (χ1n) is 6.96. The van der Waals surface area contributed by atoms with Gasteiger partial charge in [-0.2, -0.15) is 0 Å². The minimum Gasteiger partial charge on any atom is -0.0622 e. The fraction of sp³-hybridized carbons (Fsp3) is 0.100. The van der Waals surface area contributed by atoms with Crippen LogP contribution in [0.15, 0.2) is 78.9 Å². The molecule has 0 saturated heterocycles. The van der Waals surface area contributed by atoms with E-state index in [1.54, 1.807) is 0 Å². The van der Waals surface area contributed by atoms with Gasteiger partial charge in [0, 0.05) is 5.92 Å². The predicted molar refractivity (Wildman–Crippen MR) is 84.7 cm³/mol.